The Morgan fingerprint density at radius 2 is 2.28 bits per heavy atom. The van der Waals surface area contributed by atoms with Crippen molar-refractivity contribution < 1.29 is 9.53 Å². The van der Waals surface area contributed by atoms with E-state index in [-0.39, 0.29) is 12.0 Å². The molecule has 1 aliphatic rings. The number of nitrogens with zero attached hydrogens (tertiary/aromatic N) is 2. The first-order valence-corrected chi connectivity index (χ1v) is 8.92. The van der Waals surface area contributed by atoms with Gasteiger partial charge in [0.15, 0.2) is 5.11 Å². The first-order valence-electron chi connectivity index (χ1n) is 8.51. The lowest BCUT2D eigenvalue weighted by Crippen LogP contribution is -2.48. The highest BCUT2D eigenvalue weighted by Crippen LogP contribution is 2.17. The van der Waals surface area contributed by atoms with Gasteiger partial charge in [-0.15, -0.1) is 0 Å². The highest BCUT2D eigenvalue weighted by atomic mass is 32.1. The van der Waals surface area contributed by atoms with Crippen molar-refractivity contribution in [2.75, 3.05) is 13.2 Å². The molecule has 0 unspecified atom stereocenters. The first-order chi connectivity index (χ1) is 12.1. The van der Waals surface area contributed by atoms with Gasteiger partial charge >= 0.3 is 0 Å². The van der Waals surface area contributed by atoms with Gasteiger partial charge in [0.05, 0.1) is 17.1 Å². The van der Waals surface area contributed by atoms with Gasteiger partial charge in [0, 0.05) is 25.3 Å². The van der Waals surface area contributed by atoms with E-state index in [9.17, 15) is 4.79 Å². The number of hydrogen-bond donors (Lipinski definition) is 3. The number of fused-ring (bicyclic) bond motifs is 1. The van der Waals surface area contributed by atoms with Crippen LogP contribution in [-0.4, -0.2) is 39.8 Å². The predicted octanol–water partition coefficient (Wildman–Crippen LogP) is 1.65. The summed E-state index contributed by atoms with van der Waals surface area (Å²) in [7, 11) is 0. The topological polar surface area (TPSA) is 80.2 Å². The predicted molar refractivity (Wildman–Crippen MR) is 100 cm³/mol. The molecule has 0 bridgehead atoms. The average molecular weight is 361 g/mol. The first kappa shape index (κ1) is 17.6. The monoisotopic (exact) mass is 361 g/mol. The molecule has 2 aromatic rings. The van der Waals surface area contributed by atoms with Crippen molar-refractivity contribution in [3.8, 4) is 0 Å². The fourth-order valence-corrected chi connectivity index (χ4v) is 3.17. The summed E-state index contributed by atoms with van der Waals surface area (Å²) in [6.45, 7) is 6.33. The van der Waals surface area contributed by atoms with Crippen LogP contribution in [0.3, 0.4) is 0 Å². The summed E-state index contributed by atoms with van der Waals surface area (Å²) in [6, 6.07) is 5.49. The molecule has 1 atom stereocenters. The number of thiocarbonyl (C=S) groups is 1. The minimum absolute atomic E-state index is 0.190. The van der Waals surface area contributed by atoms with E-state index in [1.807, 2.05) is 13.0 Å². The molecule has 0 spiro atoms. The molecule has 7 nitrogen and oxygen atoms in total. The van der Waals surface area contributed by atoms with Crippen LogP contribution in [0.15, 0.2) is 18.2 Å². The molecule has 1 aliphatic heterocycles. The molecule has 134 valence electrons. The summed E-state index contributed by atoms with van der Waals surface area (Å²) in [5.74, 6) is 0.680. The Balaban J connectivity index is 1.55. The van der Waals surface area contributed by atoms with Crippen molar-refractivity contribution >= 4 is 34.3 Å². The van der Waals surface area contributed by atoms with Crippen molar-refractivity contribution in [3.63, 3.8) is 0 Å². The SMILES string of the molecule is CCn1c(C)nc2cc(C(=O)NNC(=S)NC[C@H]3CCCO3)ccc21. The summed E-state index contributed by atoms with van der Waals surface area (Å²) in [6.07, 6.45) is 2.31. The lowest BCUT2D eigenvalue weighted by Gasteiger charge is -2.14. The van der Waals surface area contributed by atoms with E-state index in [0.29, 0.717) is 17.2 Å². The van der Waals surface area contributed by atoms with Crippen LogP contribution < -0.4 is 16.2 Å². The molecule has 2 heterocycles. The average Bonchev–Trinajstić information content (AvgIpc) is 3.23. The van der Waals surface area contributed by atoms with E-state index in [0.717, 1.165) is 42.9 Å². The van der Waals surface area contributed by atoms with Crippen LogP contribution in [0.5, 0.6) is 0 Å². The van der Waals surface area contributed by atoms with Crippen molar-refractivity contribution in [1.29, 1.82) is 0 Å². The number of hydrogen-bond acceptors (Lipinski definition) is 4. The Kier molecular flexibility index (Phi) is 5.50. The Bertz CT molecular complexity index is 783. The molecular formula is C17H23N5O2S. The molecule has 0 radical (unpaired) electrons. The fourth-order valence-electron chi connectivity index (χ4n) is 3.03. The molecule has 0 saturated carbocycles. The van der Waals surface area contributed by atoms with Gasteiger partial charge in [-0.05, 0) is 57.1 Å². The number of imidazole rings is 1. The maximum absolute atomic E-state index is 12.3. The third-order valence-corrected chi connectivity index (χ3v) is 4.57. The maximum Gasteiger partial charge on any atom is 0.269 e. The second kappa shape index (κ2) is 7.79. The number of rotatable bonds is 4. The molecule has 1 aromatic carbocycles. The van der Waals surface area contributed by atoms with Gasteiger partial charge in [-0.1, -0.05) is 0 Å². The number of benzene rings is 1. The highest BCUT2D eigenvalue weighted by Gasteiger charge is 2.15. The quantitative estimate of drug-likeness (QED) is 0.568. The Labute approximate surface area is 152 Å². The third kappa shape index (κ3) is 4.08. The summed E-state index contributed by atoms with van der Waals surface area (Å²) >= 11 is 5.16. The fraction of sp³-hybridized carbons (Fsp3) is 0.471. The number of aryl methyl sites for hydroxylation is 2. The minimum atomic E-state index is -0.258. The molecular weight excluding hydrogens is 338 g/mol. The summed E-state index contributed by atoms with van der Waals surface area (Å²) in [5, 5.41) is 3.42. The Hall–Kier alpha value is -2.19. The van der Waals surface area contributed by atoms with Crippen molar-refractivity contribution in [2.45, 2.75) is 39.3 Å². The van der Waals surface area contributed by atoms with Gasteiger partial charge in [0.25, 0.3) is 5.91 Å². The molecule has 0 aliphatic carbocycles. The van der Waals surface area contributed by atoms with Gasteiger partial charge < -0.3 is 14.6 Å². The van der Waals surface area contributed by atoms with Crippen LogP contribution in [0.4, 0.5) is 0 Å². The smallest absolute Gasteiger partial charge is 0.269 e. The zero-order valence-corrected chi connectivity index (χ0v) is 15.3. The number of carbonyl (C=O) groups is 1. The zero-order chi connectivity index (χ0) is 17.8. The molecule has 3 rings (SSSR count). The maximum atomic E-state index is 12.3. The summed E-state index contributed by atoms with van der Waals surface area (Å²) in [5.41, 5.74) is 7.69. The van der Waals surface area contributed by atoms with Gasteiger partial charge in [-0.3, -0.25) is 15.6 Å². The minimum Gasteiger partial charge on any atom is -0.376 e. The molecule has 8 heteroatoms. The number of amides is 1. The van der Waals surface area contributed by atoms with Crippen molar-refractivity contribution in [2.24, 2.45) is 0 Å². The lowest BCUT2D eigenvalue weighted by molar-refractivity contribution is 0.0943. The molecule has 1 amide bonds. The van der Waals surface area contributed by atoms with Crippen LogP contribution in [0.2, 0.25) is 0 Å². The van der Waals surface area contributed by atoms with Crippen LogP contribution >= 0.6 is 12.2 Å². The normalized spacial score (nSPS) is 16.8. The summed E-state index contributed by atoms with van der Waals surface area (Å²) < 4.78 is 7.62. The second-order valence-electron chi connectivity index (χ2n) is 6.03. The van der Waals surface area contributed by atoms with Crippen LogP contribution in [0.1, 0.15) is 35.9 Å². The number of nitrogens with one attached hydrogen (secondary N) is 3. The largest absolute Gasteiger partial charge is 0.376 e. The molecule has 1 fully saturated rings. The van der Waals surface area contributed by atoms with E-state index in [1.165, 1.54) is 0 Å². The van der Waals surface area contributed by atoms with E-state index in [4.69, 9.17) is 17.0 Å². The second-order valence-corrected chi connectivity index (χ2v) is 6.44. The molecule has 3 N–H and O–H groups in total. The van der Waals surface area contributed by atoms with Gasteiger partial charge in [0.1, 0.15) is 5.82 Å². The van der Waals surface area contributed by atoms with Gasteiger partial charge in [-0.2, -0.15) is 0 Å². The lowest BCUT2D eigenvalue weighted by atomic mass is 10.2. The van der Waals surface area contributed by atoms with Crippen LogP contribution in [0, 0.1) is 6.92 Å². The molecule has 1 aromatic heterocycles. The van der Waals surface area contributed by atoms with Gasteiger partial charge in [0.2, 0.25) is 0 Å². The number of carbonyl (C=O) groups excluding carboxylic acids is 1. The third-order valence-electron chi connectivity index (χ3n) is 4.32. The molecule has 25 heavy (non-hydrogen) atoms. The van der Waals surface area contributed by atoms with E-state index in [2.05, 4.69) is 32.6 Å². The summed E-state index contributed by atoms with van der Waals surface area (Å²) in [4.78, 5) is 16.8. The standard InChI is InChI=1S/C17H23N5O2S/c1-3-22-11(2)19-14-9-12(6-7-15(14)22)16(23)20-21-17(25)18-10-13-5-4-8-24-13/h6-7,9,13H,3-5,8,10H2,1-2H3,(H,20,23)(H2,18,21,25)/t13-/m1/s1. The van der Waals surface area contributed by atoms with Crippen LogP contribution in [-0.2, 0) is 11.3 Å². The number of hydrazine groups is 1. The van der Waals surface area contributed by atoms with E-state index in [1.54, 1.807) is 12.1 Å². The van der Waals surface area contributed by atoms with Crippen molar-refractivity contribution in [1.82, 2.24) is 25.7 Å². The Morgan fingerprint density at radius 1 is 1.44 bits per heavy atom. The Morgan fingerprint density at radius 3 is 3.00 bits per heavy atom. The van der Waals surface area contributed by atoms with E-state index >= 15 is 0 Å². The van der Waals surface area contributed by atoms with E-state index < -0.39 is 0 Å². The van der Waals surface area contributed by atoms with Crippen molar-refractivity contribution in [3.05, 3.63) is 29.6 Å². The highest BCUT2D eigenvalue weighted by molar-refractivity contribution is 7.80. The van der Waals surface area contributed by atoms with Gasteiger partial charge in [-0.25, -0.2) is 4.98 Å². The molecule has 1 saturated heterocycles. The zero-order valence-electron chi connectivity index (χ0n) is 14.5. The van der Waals surface area contributed by atoms with Crippen LogP contribution in [0.25, 0.3) is 11.0 Å². The number of ether oxygens (including phenoxy) is 1. The number of aromatic nitrogens is 2.